The summed E-state index contributed by atoms with van der Waals surface area (Å²) in [7, 11) is -2.16. The van der Waals surface area contributed by atoms with Crippen LogP contribution in [0, 0.1) is 0 Å². The number of hydrogen-bond acceptors (Lipinski definition) is 5. The maximum atomic E-state index is 12.4. The van der Waals surface area contributed by atoms with Crippen molar-refractivity contribution in [3.05, 3.63) is 18.2 Å². The lowest BCUT2D eigenvalue weighted by Crippen LogP contribution is -2.49. The molecule has 0 saturated carbocycles. The molecule has 2 rings (SSSR count). The highest BCUT2D eigenvalue weighted by Gasteiger charge is 2.32. The molecule has 1 aromatic carbocycles. The van der Waals surface area contributed by atoms with Gasteiger partial charge in [-0.15, -0.1) is 0 Å². The molecular weight excluding hydrogens is 280 g/mol. The van der Waals surface area contributed by atoms with Crippen molar-refractivity contribution in [2.45, 2.75) is 30.2 Å². The average molecular weight is 300 g/mol. The van der Waals surface area contributed by atoms with Gasteiger partial charge < -0.3 is 15.2 Å². The summed E-state index contributed by atoms with van der Waals surface area (Å²) in [6.07, 6.45) is 1.30. The van der Waals surface area contributed by atoms with Gasteiger partial charge in [0.25, 0.3) is 0 Å². The molecule has 1 aromatic rings. The molecule has 0 atom stereocenters. The van der Waals surface area contributed by atoms with Gasteiger partial charge in [0, 0.05) is 24.8 Å². The number of methoxy groups -OCH3 is 1. The van der Waals surface area contributed by atoms with E-state index in [4.69, 9.17) is 15.2 Å². The fraction of sp³-hybridized carbons (Fsp3) is 0.538. The summed E-state index contributed by atoms with van der Waals surface area (Å²) in [4.78, 5) is 0.149. The molecule has 1 heterocycles. The zero-order chi connectivity index (χ0) is 14.8. The number of benzene rings is 1. The van der Waals surface area contributed by atoms with Gasteiger partial charge in [-0.3, -0.25) is 0 Å². The Bertz CT molecular complexity index is 580. The van der Waals surface area contributed by atoms with Crippen molar-refractivity contribution < 1.29 is 17.9 Å². The summed E-state index contributed by atoms with van der Waals surface area (Å²) in [5.41, 5.74) is 5.62. The zero-order valence-corrected chi connectivity index (χ0v) is 12.5. The highest BCUT2D eigenvalue weighted by molar-refractivity contribution is 7.89. The van der Waals surface area contributed by atoms with Crippen LogP contribution >= 0.6 is 0 Å². The summed E-state index contributed by atoms with van der Waals surface area (Å²) >= 11 is 0. The van der Waals surface area contributed by atoms with E-state index in [0.717, 1.165) is 0 Å². The average Bonchev–Trinajstić information content (AvgIpc) is 2.38. The van der Waals surface area contributed by atoms with Crippen molar-refractivity contribution in [1.29, 1.82) is 0 Å². The maximum Gasteiger partial charge on any atom is 0.241 e. The Labute approximate surface area is 119 Å². The third kappa shape index (κ3) is 3.23. The lowest BCUT2D eigenvalue weighted by Gasteiger charge is -2.34. The standard InChI is InChI=1S/C13H20N2O4S/c1-13(5-7-19-8-6-13)15-20(16,17)10-3-4-11(14)12(9-10)18-2/h3-4,9,15H,5-8,14H2,1-2H3. The predicted octanol–water partition coefficient (Wildman–Crippen LogP) is 1.12. The van der Waals surface area contributed by atoms with Crippen molar-refractivity contribution in [2.75, 3.05) is 26.1 Å². The number of nitrogens with one attached hydrogen (secondary N) is 1. The molecule has 1 aliphatic heterocycles. The Hall–Kier alpha value is -1.31. The number of anilines is 1. The fourth-order valence-electron chi connectivity index (χ4n) is 2.17. The van der Waals surface area contributed by atoms with E-state index < -0.39 is 15.6 Å². The van der Waals surface area contributed by atoms with E-state index in [9.17, 15) is 8.42 Å². The summed E-state index contributed by atoms with van der Waals surface area (Å²) in [5, 5.41) is 0. The second-order valence-corrected chi connectivity index (χ2v) is 6.86. The molecular formula is C13H20N2O4S. The lowest BCUT2D eigenvalue weighted by molar-refractivity contribution is 0.0537. The summed E-state index contributed by atoms with van der Waals surface area (Å²) in [5.74, 6) is 0.352. The van der Waals surface area contributed by atoms with Crippen molar-refractivity contribution in [1.82, 2.24) is 4.72 Å². The van der Waals surface area contributed by atoms with Crippen LogP contribution < -0.4 is 15.2 Å². The van der Waals surface area contributed by atoms with E-state index in [1.165, 1.54) is 25.3 Å². The van der Waals surface area contributed by atoms with Gasteiger partial charge in [0.05, 0.1) is 17.7 Å². The molecule has 7 heteroatoms. The van der Waals surface area contributed by atoms with E-state index >= 15 is 0 Å². The van der Waals surface area contributed by atoms with Gasteiger partial charge >= 0.3 is 0 Å². The Morgan fingerprint density at radius 3 is 2.60 bits per heavy atom. The molecule has 0 spiro atoms. The Balaban J connectivity index is 2.26. The van der Waals surface area contributed by atoms with Crippen LogP contribution in [0.4, 0.5) is 5.69 Å². The monoisotopic (exact) mass is 300 g/mol. The Morgan fingerprint density at radius 2 is 2.00 bits per heavy atom. The number of nitrogen functional groups attached to an aromatic ring is 1. The Morgan fingerprint density at radius 1 is 1.35 bits per heavy atom. The van der Waals surface area contributed by atoms with Crippen LogP contribution in [0.15, 0.2) is 23.1 Å². The van der Waals surface area contributed by atoms with Gasteiger partial charge in [0.1, 0.15) is 5.75 Å². The third-order valence-electron chi connectivity index (χ3n) is 3.49. The maximum absolute atomic E-state index is 12.4. The summed E-state index contributed by atoms with van der Waals surface area (Å²) < 4.78 is 38.0. The molecule has 0 aromatic heterocycles. The molecule has 3 N–H and O–H groups in total. The summed E-state index contributed by atoms with van der Waals surface area (Å²) in [6, 6.07) is 4.43. The van der Waals surface area contributed by atoms with Gasteiger partial charge in [0.2, 0.25) is 10.0 Å². The van der Waals surface area contributed by atoms with Crippen LogP contribution in [-0.2, 0) is 14.8 Å². The lowest BCUT2D eigenvalue weighted by atomic mass is 9.94. The minimum Gasteiger partial charge on any atom is -0.495 e. The van der Waals surface area contributed by atoms with E-state index in [2.05, 4.69) is 4.72 Å². The quantitative estimate of drug-likeness (QED) is 0.813. The molecule has 0 aliphatic carbocycles. The van der Waals surface area contributed by atoms with Gasteiger partial charge in [-0.1, -0.05) is 0 Å². The van der Waals surface area contributed by atoms with E-state index in [0.29, 0.717) is 37.5 Å². The molecule has 0 radical (unpaired) electrons. The fourth-order valence-corrected chi connectivity index (χ4v) is 3.65. The van der Waals surface area contributed by atoms with E-state index in [-0.39, 0.29) is 4.90 Å². The van der Waals surface area contributed by atoms with E-state index in [1.807, 2.05) is 6.92 Å². The van der Waals surface area contributed by atoms with Crippen molar-refractivity contribution in [3.63, 3.8) is 0 Å². The second-order valence-electron chi connectivity index (χ2n) is 5.18. The molecule has 6 nitrogen and oxygen atoms in total. The molecule has 112 valence electrons. The molecule has 1 fully saturated rings. The smallest absolute Gasteiger partial charge is 0.241 e. The first-order valence-electron chi connectivity index (χ1n) is 6.42. The largest absolute Gasteiger partial charge is 0.495 e. The highest BCUT2D eigenvalue weighted by atomic mass is 32.2. The molecule has 0 unspecified atom stereocenters. The van der Waals surface area contributed by atoms with Crippen LogP contribution in [0.3, 0.4) is 0 Å². The van der Waals surface area contributed by atoms with Crippen molar-refractivity contribution in [2.24, 2.45) is 0 Å². The minimum atomic E-state index is -3.61. The van der Waals surface area contributed by atoms with Crippen LogP contribution in [0.5, 0.6) is 5.75 Å². The number of ether oxygens (including phenoxy) is 2. The Kier molecular flexibility index (Phi) is 4.22. The van der Waals surface area contributed by atoms with Crippen molar-refractivity contribution >= 4 is 15.7 Å². The molecule has 20 heavy (non-hydrogen) atoms. The molecule has 0 bridgehead atoms. The molecule has 1 aliphatic rings. The SMILES string of the molecule is COc1cc(S(=O)(=O)NC2(C)CCOCC2)ccc1N. The first-order chi connectivity index (χ1) is 9.36. The van der Waals surface area contributed by atoms with Crippen LogP contribution in [0.1, 0.15) is 19.8 Å². The normalized spacial score (nSPS) is 18.7. The van der Waals surface area contributed by atoms with Gasteiger partial charge in [-0.25, -0.2) is 13.1 Å². The van der Waals surface area contributed by atoms with Crippen molar-refractivity contribution in [3.8, 4) is 5.75 Å². The number of sulfonamides is 1. The second kappa shape index (κ2) is 5.59. The summed E-state index contributed by atoms with van der Waals surface area (Å²) in [6.45, 7) is 3.01. The minimum absolute atomic E-state index is 0.149. The van der Waals surface area contributed by atoms with Crippen LogP contribution in [0.25, 0.3) is 0 Å². The topological polar surface area (TPSA) is 90.7 Å². The van der Waals surface area contributed by atoms with E-state index in [1.54, 1.807) is 0 Å². The first kappa shape index (κ1) is 15.1. The predicted molar refractivity (Wildman–Crippen MR) is 76.2 cm³/mol. The van der Waals surface area contributed by atoms with Gasteiger partial charge in [-0.2, -0.15) is 0 Å². The molecule has 1 saturated heterocycles. The van der Waals surface area contributed by atoms with Crippen LogP contribution in [0.2, 0.25) is 0 Å². The zero-order valence-electron chi connectivity index (χ0n) is 11.7. The first-order valence-corrected chi connectivity index (χ1v) is 7.90. The third-order valence-corrected chi connectivity index (χ3v) is 5.13. The number of rotatable bonds is 4. The van der Waals surface area contributed by atoms with Gasteiger partial charge in [-0.05, 0) is 31.9 Å². The molecule has 0 amide bonds. The number of hydrogen-bond donors (Lipinski definition) is 2. The van der Waals surface area contributed by atoms with Gasteiger partial charge in [0.15, 0.2) is 0 Å². The van der Waals surface area contributed by atoms with Crippen LogP contribution in [-0.4, -0.2) is 34.3 Å². The number of nitrogens with two attached hydrogens (primary N) is 1. The highest BCUT2D eigenvalue weighted by Crippen LogP contribution is 2.27.